The van der Waals surface area contributed by atoms with E-state index in [0.29, 0.717) is 32.1 Å². The molecule has 27 heavy (non-hydrogen) atoms. The van der Waals surface area contributed by atoms with E-state index in [4.69, 9.17) is 4.74 Å². The van der Waals surface area contributed by atoms with Crippen molar-refractivity contribution >= 4 is 23.6 Å². The summed E-state index contributed by atoms with van der Waals surface area (Å²) in [6.45, 7) is 6.66. The van der Waals surface area contributed by atoms with E-state index in [1.165, 1.54) is 30.2 Å². The molecule has 2 saturated heterocycles. The first-order valence-corrected chi connectivity index (χ1v) is 10.5. The van der Waals surface area contributed by atoms with E-state index < -0.39 is 0 Å². The number of amides is 1. The molecule has 144 valence electrons. The van der Waals surface area contributed by atoms with Crippen LogP contribution < -0.4 is 4.90 Å². The highest BCUT2D eigenvalue weighted by atomic mass is 32.2. The molecule has 2 aliphatic heterocycles. The minimum atomic E-state index is 0.129. The molecular formula is C19H25N5O2S. The zero-order valence-corrected chi connectivity index (χ0v) is 16.5. The van der Waals surface area contributed by atoms with E-state index in [1.54, 1.807) is 0 Å². The van der Waals surface area contributed by atoms with Crippen LogP contribution in [0, 0.1) is 6.92 Å². The number of nitrogens with zero attached hydrogens (tertiary/aromatic N) is 5. The third-order valence-electron chi connectivity index (χ3n) is 4.99. The van der Waals surface area contributed by atoms with Gasteiger partial charge in [0.2, 0.25) is 11.9 Å². The van der Waals surface area contributed by atoms with Crippen LogP contribution in [0.1, 0.15) is 18.4 Å². The Labute approximate surface area is 163 Å². The van der Waals surface area contributed by atoms with Gasteiger partial charge in [-0.3, -0.25) is 9.36 Å². The summed E-state index contributed by atoms with van der Waals surface area (Å²) in [5.74, 6) is 1.37. The fourth-order valence-corrected chi connectivity index (χ4v) is 4.28. The average molecular weight is 388 g/mol. The van der Waals surface area contributed by atoms with Gasteiger partial charge in [0.15, 0.2) is 5.16 Å². The number of hydrogen-bond donors (Lipinski definition) is 0. The van der Waals surface area contributed by atoms with Crippen LogP contribution in [0.15, 0.2) is 29.4 Å². The molecule has 3 heterocycles. The maximum absolute atomic E-state index is 12.5. The van der Waals surface area contributed by atoms with Crippen LogP contribution in [0.2, 0.25) is 0 Å². The highest BCUT2D eigenvalue weighted by Gasteiger charge is 2.24. The van der Waals surface area contributed by atoms with E-state index in [9.17, 15) is 4.79 Å². The summed E-state index contributed by atoms with van der Waals surface area (Å²) >= 11 is 1.46. The number of thioether (sulfide) groups is 1. The van der Waals surface area contributed by atoms with Crippen LogP contribution in [0.3, 0.4) is 0 Å². The van der Waals surface area contributed by atoms with Crippen molar-refractivity contribution in [3.05, 3.63) is 29.8 Å². The average Bonchev–Trinajstić information content (AvgIpc) is 3.37. The Morgan fingerprint density at radius 2 is 1.78 bits per heavy atom. The maximum atomic E-state index is 12.5. The van der Waals surface area contributed by atoms with Gasteiger partial charge in [0.1, 0.15) is 0 Å². The quantitative estimate of drug-likeness (QED) is 0.733. The Morgan fingerprint density at radius 3 is 2.48 bits per heavy atom. The minimum Gasteiger partial charge on any atom is -0.378 e. The molecule has 8 heteroatoms. The predicted molar refractivity (Wildman–Crippen MR) is 106 cm³/mol. The van der Waals surface area contributed by atoms with Crippen molar-refractivity contribution < 1.29 is 9.53 Å². The summed E-state index contributed by atoms with van der Waals surface area (Å²) in [6.07, 6.45) is 2.36. The summed E-state index contributed by atoms with van der Waals surface area (Å²) in [6, 6.07) is 8.37. The topological polar surface area (TPSA) is 63.5 Å². The zero-order valence-electron chi connectivity index (χ0n) is 15.6. The van der Waals surface area contributed by atoms with E-state index in [0.717, 1.165) is 29.9 Å². The Bertz CT molecular complexity index is 780. The molecule has 0 aliphatic carbocycles. The van der Waals surface area contributed by atoms with Crippen LogP contribution in [0.4, 0.5) is 5.95 Å². The van der Waals surface area contributed by atoms with Crippen molar-refractivity contribution in [3.63, 3.8) is 0 Å². The number of rotatable bonds is 5. The number of anilines is 1. The van der Waals surface area contributed by atoms with Crippen LogP contribution in [0.25, 0.3) is 5.69 Å². The largest absolute Gasteiger partial charge is 0.378 e. The third-order valence-corrected chi connectivity index (χ3v) is 5.90. The van der Waals surface area contributed by atoms with E-state index in [-0.39, 0.29) is 5.91 Å². The fourth-order valence-electron chi connectivity index (χ4n) is 3.43. The van der Waals surface area contributed by atoms with Gasteiger partial charge in [-0.1, -0.05) is 29.5 Å². The molecule has 1 aromatic carbocycles. The van der Waals surface area contributed by atoms with Gasteiger partial charge in [0, 0.05) is 26.2 Å². The monoisotopic (exact) mass is 387 g/mol. The normalized spacial score (nSPS) is 17.5. The van der Waals surface area contributed by atoms with Crippen molar-refractivity contribution in [2.24, 2.45) is 0 Å². The van der Waals surface area contributed by atoms with Crippen LogP contribution >= 0.6 is 11.8 Å². The minimum absolute atomic E-state index is 0.129. The second kappa shape index (κ2) is 8.31. The number of aryl methyl sites for hydroxylation is 1. The first kappa shape index (κ1) is 18.3. The number of hydrogen-bond acceptors (Lipinski definition) is 6. The lowest BCUT2D eigenvalue weighted by Crippen LogP contribution is -2.41. The lowest BCUT2D eigenvalue weighted by atomic mass is 10.2. The molecule has 0 bridgehead atoms. The Balaban J connectivity index is 1.56. The Kier molecular flexibility index (Phi) is 5.63. The van der Waals surface area contributed by atoms with Crippen molar-refractivity contribution in [3.8, 4) is 5.69 Å². The first-order valence-electron chi connectivity index (χ1n) is 9.48. The number of carbonyl (C=O) groups excluding carboxylic acids is 1. The molecule has 0 radical (unpaired) electrons. The number of benzene rings is 1. The van der Waals surface area contributed by atoms with Gasteiger partial charge < -0.3 is 14.5 Å². The fraction of sp³-hybridized carbons (Fsp3) is 0.526. The molecule has 7 nitrogen and oxygen atoms in total. The van der Waals surface area contributed by atoms with Crippen LogP contribution in [-0.2, 0) is 9.53 Å². The molecule has 2 aromatic rings. The highest BCUT2D eigenvalue weighted by molar-refractivity contribution is 7.99. The van der Waals surface area contributed by atoms with E-state index in [1.807, 2.05) is 4.90 Å². The smallest absolute Gasteiger partial charge is 0.233 e. The third kappa shape index (κ3) is 4.11. The molecule has 1 aromatic heterocycles. The molecule has 0 spiro atoms. The van der Waals surface area contributed by atoms with Gasteiger partial charge in [-0.05, 0) is 31.9 Å². The predicted octanol–water partition coefficient (Wildman–Crippen LogP) is 2.13. The first-order chi connectivity index (χ1) is 13.2. The summed E-state index contributed by atoms with van der Waals surface area (Å²) in [5.41, 5.74) is 2.25. The van der Waals surface area contributed by atoms with Crippen LogP contribution in [-0.4, -0.2) is 70.7 Å². The van der Waals surface area contributed by atoms with E-state index in [2.05, 4.69) is 50.9 Å². The number of carbonyl (C=O) groups is 1. The van der Waals surface area contributed by atoms with Crippen molar-refractivity contribution in [1.82, 2.24) is 19.7 Å². The summed E-state index contributed by atoms with van der Waals surface area (Å²) < 4.78 is 7.41. The maximum Gasteiger partial charge on any atom is 0.233 e. The molecule has 2 aliphatic rings. The summed E-state index contributed by atoms with van der Waals surface area (Å²) in [5, 5.41) is 9.64. The molecule has 0 N–H and O–H groups in total. The number of morpholine rings is 1. The van der Waals surface area contributed by atoms with Crippen molar-refractivity contribution in [1.29, 1.82) is 0 Å². The second-order valence-electron chi connectivity index (χ2n) is 6.93. The molecule has 0 saturated carbocycles. The molecular weight excluding hydrogens is 362 g/mol. The van der Waals surface area contributed by atoms with E-state index >= 15 is 0 Å². The van der Waals surface area contributed by atoms with Gasteiger partial charge >= 0.3 is 0 Å². The molecule has 0 unspecified atom stereocenters. The molecule has 2 fully saturated rings. The van der Waals surface area contributed by atoms with Gasteiger partial charge in [-0.25, -0.2) is 0 Å². The summed E-state index contributed by atoms with van der Waals surface area (Å²) in [7, 11) is 0. The van der Waals surface area contributed by atoms with Gasteiger partial charge in [-0.15, -0.1) is 10.2 Å². The molecule has 0 atom stereocenters. The second-order valence-corrected chi connectivity index (χ2v) is 7.87. The van der Waals surface area contributed by atoms with Gasteiger partial charge in [-0.2, -0.15) is 0 Å². The van der Waals surface area contributed by atoms with Gasteiger partial charge in [0.25, 0.3) is 0 Å². The highest BCUT2D eigenvalue weighted by Crippen LogP contribution is 2.29. The molecule has 4 rings (SSSR count). The standard InChI is InChI=1S/C19H25N5O2S/c1-15-4-6-16(7-5-15)24-18(23-8-2-3-9-23)20-21-19(24)27-14-17(25)22-10-12-26-13-11-22/h4-7H,2-3,8-14H2,1H3. The molecule has 1 amide bonds. The number of aromatic nitrogens is 3. The SMILES string of the molecule is Cc1ccc(-n2c(SCC(=O)N3CCOCC3)nnc2N2CCCC2)cc1. The lowest BCUT2D eigenvalue weighted by molar-refractivity contribution is -0.132. The zero-order chi connectivity index (χ0) is 18.6. The lowest BCUT2D eigenvalue weighted by Gasteiger charge is -2.26. The van der Waals surface area contributed by atoms with Gasteiger partial charge in [0.05, 0.1) is 24.7 Å². The summed E-state index contributed by atoms with van der Waals surface area (Å²) in [4.78, 5) is 16.7. The van der Waals surface area contributed by atoms with Crippen molar-refractivity contribution in [2.45, 2.75) is 24.9 Å². The Hall–Kier alpha value is -2.06. The van der Waals surface area contributed by atoms with Crippen LogP contribution in [0.5, 0.6) is 0 Å². The Morgan fingerprint density at radius 1 is 1.07 bits per heavy atom. The van der Waals surface area contributed by atoms with Crippen molar-refractivity contribution in [2.75, 3.05) is 50.0 Å². The number of ether oxygens (including phenoxy) is 1.